The maximum atomic E-state index is 11.9. The summed E-state index contributed by atoms with van der Waals surface area (Å²) in [6.07, 6.45) is 1.38. The van der Waals surface area contributed by atoms with Crippen LogP contribution in [0.5, 0.6) is 0 Å². The zero-order valence-electron chi connectivity index (χ0n) is 10.8. The monoisotopic (exact) mass is 305 g/mol. The van der Waals surface area contributed by atoms with Gasteiger partial charge < -0.3 is 16.2 Å². The molecule has 0 spiro atoms. The minimum Gasteiger partial charge on any atom is -0.478 e. The number of aromatic carboxylic acids is 1. The number of benzene rings is 1. The summed E-state index contributed by atoms with van der Waals surface area (Å²) in [7, 11) is 0. The average Bonchev–Trinajstić information content (AvgIpc) is 2.48. The van der Waals surface area contributed by atoms with Crippen LogP contribution in [-0.4, -0.2) is 22.0 Å². The number of nitrogens with two attached hydrogens (primary N) is 1. The summed E-state index contributed by atoms with van der Waals surface area (Å²) in [5.41, 5.74) is 6.88. The lowest BCUT2D eigenvalue weighted by atomic mass is 10.2. The number of aromatic nitrogens is 1. The van der Waals surface area contributed by atoms with E-state index in [4.69, 9.17) is 22.4 Å². The van der Waals surface area contributed by atoms with Gasteiger partial charge in [0.25, 0.3) is 5.91 Å². The van der Waals surface area contributed by atoms with E-state index in [-0.39, 0.29) is 18.0 Å². The predicted octanol–water partition coefficient (Wildman–Crippen LogP) is 1.95. The molecule has 0 radical (unpaired) electrons. The highest BCUT2D eigenvalue weighted by molar-refractivity contribution is 6.33. The van der Waals surface area contributed by atoms with Crippen molar-refractivity contribution in [3.63, 3.8) is 0 Å². The highest BCUT2D eigenvalue weighted by Gasteiger charge is 2.09. The molecule has 0 saturated carbocycles. The lowest BCUT2D eigenvalue weighted by molar-refractivity contribution is 0.0696. The van der Waals surface area contributed by atoms with Gasteiger partial charge in [-0.1, -0.05) is 11.6 Å². The summed E-state index contributed by atoms with van der Waals surface area (Å²) in [6.45, 7) is 0.114. The van der Waals surface area contributed by atoms with Crippen LogP contribution < -0.4 is 11.1 Å². The van der Waals surface area contributed by atoms with Crippen LogP contribution in [0.15, 0.2) is 36.5 Å². The number of hydrogen-bond donors (Lipinski definition) is 3. The lowest BCUT2D eigenvalue weighted by Crippen LogP contribution is -2.23. The fraction of sp³-hybridized carbons (Fsp3) is 0.0714. The number of pyridine rings is 1. The molecule has 1 aromatic carbocycles. The second kappa shape index (κ2) is 6.23. The van der Waals surface area contributed by atoms with Gasteiger partial charge in [0.15, 0.2) is 0 Å². The molecule has 2 aromatic rings. The van der Waals surface area contributed by atoms with Gasteiger partial charge in [0.05, 0.1) is 28.5 Å². The van der Waals surface area contributed by atoms with Gasteiger partial charge in [-0.3, -0.25) is 9.78 Å². The first-order valence-electron chi connectivity index (χ1n) is 5.99. The normalized spacial score (nSPS) is 10.1. The van der Waals surface area contributed by atoms with E-state index >= 15 is 0 Å². The predicted molar refractivity (Wildman–Crippen MR) is 78.2 cm³/mol. The van der Waals surface area contributed by atoms with Crippen molar-refractivity contribution in [1.82, 2.24) is 10.3 Å². The largest absolute Gasteiger partial charge is 0.478 e. The molecular weight excluding hydrogens is 294 g/mol. The molecule has 1 aromatic heterocycles. The van der Waals surface area contributed by atoms with Gasteiger partial charge in [-0.15, -0.1) is 0 Å². The van der Waals surface area contributed by atoms with Gasteiger partial charge in [-0.05, 0) is 30.3 Å². The van der Waals surface area contributed by atoms with Crippen molar-refractivity contribution in [3.8, 4) is 0 Å². The number of carboxylic acids is 1. The summed E-state index contributed by atoms with van der Waals surface area (Å²) in [4.78, 5) is 26.8. The molecule has 1 amide bonds. The maximum Gasteiger partial charge on any atom is 0.335 e. The number of nitrogen functional groups attached to an aromatic ring is 1. The molecule has 0 bridgehead atoms. The third kappa shape index (κ3) is 3.70. The van der Waals surface area contributed by atoms with Gasteiger partial charge in [-0.25, -0.2) is 4.79 Å². The molecule has 0 atom stereocenters. The third-order valence-electron chi connectivity index (χ3n) is 2.75. The number of carbonyl (C=O) groups is 2. The molecule has 0 aliphatic rings. The van der Waals surface area contributed by atoms with E-state index in [2.05, 4.69) is 10.3 Å². The average molecular weight is 306 g/mol. The molecule has 4 N–H and O–H groups in total. The number of anilines is 1. The summed E-state index contributed by atoms with van der Waals surface area (Å²) in [6, 6.07) is 7.34. The Labute approximate surface area is 125 Å². The zero-order chi connectivity index (χ0) is 15.4. The van der Waals surface area contributed by atoms with Gasteiger partial charge in [0, 0.05) is 11.8 Å². The van der Waals surface area contributed by atoms with Crippen molar-refractivity contribution < 1.29 is 14.7 Å². The van der Waals surface area contributed by atoms with E-state index in [0.717, 1.165) is 0 Å². The van der Waals surface area contributed by atoms with E-state index in [9.17, 15) is 9.59 Å². The molecule has 0 saturated heterocycles. The van der Waals surface area contributed by atoms with Crippen LogP contribution >= 0.6 is 11.6 Å². The van der Waals surface area contributed by atoms with E-state index in [0.29, 0.717) is 22.0 Å². The van der Waals surface area contributed by atoms with Crippen molar-refractivity contribution in [2.45, 2.75) is 6.54 Å². The summed E-state index contributed by atoms with van der Waals surface area (Å²) < 4.78 is 0. The standard InChI is InChI=1S/C14H12ClN3O3/c15-11-2-1-8(6-12(11)16)13(19)18-7-10-5-9(14(20)21)3-4-17-10/h1-6H,7,16H2,(H,18,19)(H,20,21). The molecule has 1 heterocycles. The Kier molecular flexibility index (Phi) is 4.39. The number of rotatable bonds is 4. The Balaban J connectivity index is 2.05. The van der Waals surface area contributed by atoms with E-state index < -0.39 is 5.97 Å². The number of nitrogens with one attached hydrogen (secondary N) is 1. The summed E-state index contributed by atoms with van der Waals surface area (Å²) >= 11 is 5.78. The Morgan fingerprint density at radius 3 is 2.67 bits per heavy atom. The molecule has 108 valence electrons. The highest BCUT2D eigenvalue weighted by atomic mass is 35.5. The molecule has 2 rings (SSSR count). The number of hydrogen-bond acceptors (Lipinski definition) is 4. The number of halogens is 1. The van der Waals surface area contributed by atoms with Crippen LogP contribution in [0.1, 0.15) is 26.4 Å². The SMILES string of the molecule is Nc1cc(C(=O)NCc2cc(C(=O)O)ccn2)ccc1Cl. The number of carboxylic acid groups (broad SMARTS) is 1. The zero-order valence-corrected chi connectivity index (χ0v) is 11.6. The molecule has 0 aliphatic carbocycles. The van der Waals surface area contributed by atoms with Crippen molar-refractivity contribution >= 4 is 29.2 Å². The topological polar surface area (TPSA) is 105 Å². The first-order valence-corrected chi connectivity index (χ1v) is 6.36. The fourth-order valence-corrected chi connectivity index (χ4v) is 1.78. The number of amides is 1. The van der Waals surface area contributed by atoms with E-state index in [1.807, 2.05) is 0 Å². The van der Waals surface area contributed by atoms with Crippen LogP contribution in [-0.2, 0) is 6.54 Å². The van der Waals surface area contributed by atoms with Crippen LogP contribution in [0.2, 0.25) is 5.02 Å². The number of carbonyl (C=O) groups excluding carboxylic acids is 1. The van der Waals surface area contributed by atoms with Gasteiger partial charge in [0.1, 0.15) is 0 Å². The van der Waals surface area contributed by atoms with Gasteiger partial charge >= 0.3 is 5.97 Å². The van der Waals surface area contributed by atoms with Crippen LogP contribution in [0.3, 0.4) is 0 Å². The molecule has 0 aliphatic heterocycles. The van der Waals surface area contributed by atoms with E-state index in [1.54, 1.807) is 6.07 Å². The van der Waals surface area contributed by atoms with Crippen LogP contribution in [0.25, 0.3) is 0 Å². The van der Waals surface area contributed by atoms with Crippen molar-refractivity contribution in [1.29, 1.82) is 0 Å². The molecular formula is C14H12ClN3O3. The van der Waals surface area contributed by atoms with Crippen LogP contribution in [0, 0.1) is 0 Å². The molecule has 7 heteroatoms. The second-order valence-electron chi connectivity index (χ2n) is 4.26. The second-order valence-corrected chi connectivity index (χ2v) is 4.67. The quantitative estimate of drug-likeness (QED) is 0.749. The van der Waals surface area contributed by atoms with Crippen LogP contribution in [0.4, 0.5) is 5.69 Å². The van der Waals surface area contributed by atoms with Gasteiger partial charge in [0.2, 0.25) is 0 Å². The highest BCUT2D eigenvalue weighted by Crippen LogP contribution is 2.19. The summed E-state index contributed by atoms with van der Waals surface area (Å²) in [5, 5.41) is 11.9. The van der Waals surface area contributed by atoms with Crippen molar-refractivity contribution in [3.05, 3.63) is 58.4 Å². The molecule has 21 heavy (non-hydrogen) atoms. The Bertz CT molecular complexity index is 704. The lowest BCUT2D eigenvalue weighted by Gasteiger charge is -2.06. The van der Waals surface area contributed by atoms with Gasteiger partial charge in [-0.2, -0.15) is 0 Å². The Morgan fingerprint density at radius 1 is 1.24 bits per heavy atom. The minimum absolute atomic E-state index is 0.114. The molecule has 0 fully saturated rings. The summed E-state index contributed by atoms with van der Waals surface area (Å²) in [5.74, 6) is -1.39. The first kappa shape index (κ1) is 14.8. The molecule has 0 unspecified atom stereocenters. The Morgan fingerprint density at radius 2 is 2.00 bits per heavy atom. The van der Waals surface area contributed by atoms with E-state index in [1.165, 1.54) is 30.5 Å². The molecule has 6 nitrogen and oxygen atoms in total. The van der Waals surface area contributed by atoms with Crippen molar-refractivity contribution in [2.24, 2.45) is 0 Å². The maximum absolute atomic E-state index is 11.9. The third-order valence-corrected chi connectivity index (χ3v) is 3.10. The first-order chi connectivity index (χ1) is 9.97. The Hall–Kier alpha value is -2.60. The fourth-order valence-electron chi connectivity index (χ4n) is 1.67. The van der Waals surface area contributed by atoms with Crippen molar-refractivity contribution in [2.75, 3.05) is 5.73 Å². The minimum atomic E-state index is -1.05. The smallest absolute Gasteiger partial charge is 0.335 e. The number of nitrogens with zero attached hydrogens (tertiary/aromatic N) is 1.